The van der Waals surface area contributed by atoms with Crippen LogP contribution in [0.25, 0.3) is 0 Å². The van der Waals surface area contributed by atoms with E-state index in [-0.39, 0.29) is 17.6 Å². The Morgan fingerprint density at radius 2 is 2.17 bits per heavy atom. The van der Waals surface area contributed by atoms with Crippen LogP contribution in [0.4, 0.5) is 11.5 Å². The molecule has 7 nitrogen and oxygen atoms in total. The van der Waals surface area contributed by atoms with Crippen LogP contribution in [0, 0.1) is 0 Å². The van der Waals surface area contributed by atoms with Crippen molar-refractivity contribution < 1.29 is 14.7 Å². The molecular formula is C17H18N4O3. The number of nitrogens with one attached hydrogen (secondary N) is 1. The standard InChI is InChI=1S/C17H18N4O3/c1-11(20-15-10-18-14(9-19-15)17(23)24)12-4-2-5-13(8-12)21-7-3-6-16(21)22/h2,4-5,8-11H,3,6-7H2,1H3,(H,19,20)(H,23,24). The second kappa shape index (κ2) is 6.66. The number of hydrogen-bond acceptors (Lipinski definition) is 5. The highest BCUT2D eigenvalue weighted by Gasteiger charge is 2.22. The van der Waals surface area contributed by atoms with Crippen molar-refractivity contribution in [2.45, 2.75) is 25.8 Å². The van der Waals surface area contributed by atoms with Crippen molar-refractivity contribution >= 4 is 23.4 Å². The lowest BCUT2D eigenvalue weighted by atomic mass is 10.1. The molecule has 0 aliphatic carbocycles. The van der Waals surface area contributed by atoms with E-state index in [0.717, 1.165) is 24.2 Å². The number of anilines is 2. The van der Waals surface area contributed by atoms with E-state index in [1.807, 2.05) is 31.2 Å². The second-order valence-corrected chi connectivity index (χ2v) is 5.70. The van der Waals surface area contributed by atoms with Gasteiger partial charge in [-0.05, 0) is 31.0 Å². The van der Waals surface area contributed by atoms with Gasteiger partial charge in [0.2, 0.25) is 5.91 Å². The molecule has 1 amide bonds. The number of benzene rings is 1. The van der Waals surface area contributed by atoms with Crippen LogP contribution in [0.2, 0.25) is 0 Å². The first kappa shape index (κ1) is 15.9. The van der Waals surface area contributed by atoms with Gasteiger partial charge in [-0.3, -0.25) is 4.79 Å². The van der Waals surface area contributed by atoms with E-state index in [1.54, 1.807) is 4.90 Å². The molecule has 1 aromatic heterocycles. The summed E-state index contributed by atoms with van der Waals surface area (Å²) in [5.41, 5.74) is 1.81. The normalized spacial score (nSPS) is 15.4. The van der Waals surface area contributed by atoms with Crippen molar-refractivity contribution in [2.24, 2.45) is 0 Å². The van der Waals surface area contributed by atoms with Gasteiger partial charge in [-0.2, -0.15) is 0 Å². The minimum atomic E-state index is -1.11. The molecule has 1 atom stereocenters. The maximum atomic E-state index is 11.9. The lowest BCUT2D eigenvalue weighted by Gasteiger charge is -2.19. The zero-order chi connectivity index (χ0) is 17.1. The van der Waals surface area contributed by atoms with Crippen LogP contribution >= 0.6 is 0 Å². The molecule has 0 bridgehead atoms. The predicted molar refractivity (Wildman–Crippen MR) is 89.1 cm³/mol. The molecule has 1 saturated heterocycles. The Labute approximate surface area is 139 Å². The predicted octanol–water partition coefficient (Wildman–Crippen LogP) is 2.47. The fourth-order valence-corrected chi connectivity index (χ4v) is 2.70. The molecular weight excluding hydrogens is 308 g/mol. The van der Waals surface area contributed by atoms with E-state index in [0.29, 0.717) is 12.2 Å². The zero-order valence-corrected chi connectivity index (χ0v) is 13.3. The van der Waals surface area contributed by atoms with Crippen molar-refractivity contribution in [3.63, 3.8) is 0 Å². The van der Waals surface area contributed by atoms with Crippen LogP contribution in [0.3, 0.4) is 0 Å². The summed E-state index contributed by atoms with van der Waals surface area (Å²) in [5.74, 6) is -0.455. The molecule has 2 aromatic rings. The summed E-state index contributed by atoms with van der Waals surface area (Å²) in [6, 6.07) is 7.75. The quantitative estimate of drug-likeness (QED) is 0.876. The van der Waals surface area contributed by atoms with E-state index >= 15 is 0 Å². The van der Waals surface area contributed by atoms with Crippen LogP contribution in [-0.4, -0.2) is 33.5 Å². The average molecular weight is 326 g/mol. The molecule has 1 aromatic carbocycles. The summed E-state index contributed by atoms with van der Waals surface area (Å²) < 4.78 is 0. The van der Waals surface area contributed by atoms with E-state index in [1.165, 1.54) is 12.4 Å². The van der Waals surface area contributed by atoms with Crippen LogP contribution in [0.15, 0.2) is 36.7 Å². The largest absolute Gasteiger partial charge is 0.476 e. The summed E-state index contributed by atoms with van der Waals surface area (Å²) in [7, 11) is 0. The molecule has 7 heteroatoms. The van der Waals surface area contributed by atoms with E-state index in [4.69, 9.17) is 5.11 Å². The Hall–Kier alpha value is -2.96. The average Bonchev–Trinajstić information content (AvgIpc) is 3.01. The minimum Gasteiger partial charge on any atom is -0.476 e. The van der Waals surface area contributed by atoms with Gasteiger partial charge in [0, 0.05) is 18.7 Å². The molecule has 1 aliphatic heterocycles. The third-order valence-corrected chi connectivity index (χ3v) is 3.99. The van der Waals surface area contributed by atoms with Gasteiger partial charge < -0.3 is 15.3 Å². The topological polar surface area (TPSA) is 95.4 Å². The smallest absolute Gasteiger partial charge is 0.356 e. The number of carboxylic acids is 1. The number of aromatic carboxylic acids is 1. The van der Waals surface area contributed by atoms with Gasteiger partial charge in [0.15, 0.2) is 5.69 Å². The molecule has 1 unspecified atom stereocenters. The molecule has 1 fully saturated rings. The van der Waals surface area contributed by atoms with Crippen LogP contribution in [0.1, 0.15) is 41.9 Å². The molecule has 0 spiro atoms. The third kappa shape index (κ3) is 3.34. The Kier molecular flexibility index (Phi) is 4.41. The fraction of sp³-hybridized carbons (Fsp3) is 0.294. The molecule has 1 aliphatic rings. The zero-order valence-electron chi connectivity index (χ0n) is 13.3. The van der Waals surface area contributed by atoms with Crippen LogP contribution < -0.4 is 10.2 Å². The van der Waals surface area contributed by atoms with E-state index in [2.05, 4.69) is 15.3 Å². The van der Waals surface area contributed by atoms with E-state index in [9.17, 15) is 9.59 Å². The van der Waals surface area contributed by atoms with Gasteiger partial charge >= 0.3 is 5.97 Å². The van der Waals surface area contributed by atoms with Gasteiger partial charge in [0.25, 0.3) is 0 Å². The highest BCUT2D eigenvalue weighted by Crippen LogP contribution is 2.26. The SMILES string of the molecule is CC(Nc1cnc(C(=O)O)cn1)c1cccc(N2CCCC2=O)c1. The summed E-state index contributed by atoms with van der Waals surface area (Å²) >= 11 is 0. The summed E-state index contributed by atoms with van der Waals surface area (Å²) in [6.07, 6.45) is 4.11. The Bertz CT molecular complexity index is 761. The summed E-state index contributed by atoms with van der Waals surface area (Å²) in [4.78, 5) is 32.4. The van der Waals surface area contributed by atoms with Gasteiger partial charge in [0.1, 0.15) is 5.82 Å². The highest BCUT2D eigenvalue weighted by molar-refractivity contribution is 5.95. The molecule has 3 rings (SSSR count). The summed E-state index contributed by atoms with van der Waals surface area (Å²) in [5, 5.41) is 12.0. The third-order valence-electron chi connectivity index (χ3n) is 3.99. The van der Waals surface area contributed by atoms with Crippen molar-refractivity contribution in [3.8, 4) is 0 Å². The van der Waals surface area contributed by atoms with Gasteiger partial charge in [-0.25, -0.2) is 14.8 Å². The maximum Gasteiger partial charge on any atom is 0.356 e. The highest BCUT2D eigenvalue weighted by atomic mass is 16.4. The lowest BCUT2D eigenvalue weighted by molar-refractivity contribution is -0.117. The van der Waals surface area contributed by atoms with Crippen LogP contribution in [0.5, 0.6) is 0 Å². The van der Waals surface area contributed by atoms with Crippen molar-refractivity contribution in [1.82, 2.24) is 9.97 Å². The fourth-order valence-electron chi connectivity index (χ4n) is 2.70. The summed E-state index contributed by atoms with van der Waals surface area (Å²) in [6.45, 7) is 2.73. The number of amides is 1. The number of hydrogen-bond donors (Lipinski definition) is 2. The minimum absolute atomic E-state index is 0.0624. The molecule has 24 heavy (non-hydrogen) atoms. The molecule has 124 valence electrons. The van der Waals surface area contributed by atoms with Crippen LogP contribution in [-0.2, 0) is 4.79 Å². The van der Waals surface area contributed by atoms with Gasteiger partial charge in [-0.1, -0.05) is 12.1 Å². The van der Waals surface area contributed by atoms with Gasteiger partial charge in [-0.15, -0.1) is 0 Å². The molecule has 2 heterocycles. The van der Waals surface area contributed by atoms with Crippen molar-refractivity contribution in [2.75, 3.05) is 16.8 Å². The van der Waals surface area contributed by atoms with Crippen molar-refractivity contribution in [1.29, 1.82) is 0 Å². The lowest BCUT2D eigenvalue weighted by Crippen LogP contribution is -2.23. The monoisotopic (exact) mass is 326 g/mol. The second-order valence-electron chi connectivity index (χ2n) is 5.70. The Balaban J connectivity index is 1.74. The number of carbonyl (C=O) groups excluding carboxylic acids is 1. The van der Waals surface area contributed by atoms with Gasteiger partial charge in [0.05, 0.1) is 18.4 Å². The Morgan fingerprint density at radius 3 is 2.79 bits per heavy atom. The number of carboxylic acid groups (broad SMARTS) is 1. The first-order valence-electron chi connectivity index (χ1n) is 7.77. The number of aromatic nitrogens is 2. The first-order valence-corrected chi connectivity index (χ1v) is 7.77. The maximum absolute atomic E-state index is 11.9. The number of rotatable bonds is 5. The first-order chi connectivity index (χ1) is 11.5. The number of nitrogens with zero attached hydrogens (tertiary/aromatic N) is 3. The Morgan fingerprint density at radius 1 is 1.33 bits per heavy atom. The van der Waals surface area contributed by atoms with E-state index < -0.39 is 5.97 Å². The molecule has 0 radical (unpaired) electrons. The van der Waals surface area contributed by atoms with Crippen molar-refractivity contribution in [3.05, 3.63) is 47.9 Å². The molecule has 0 saturated carbocycles. The molecule has 2 N–H and O–H groups in total. The number of carbonyl (C=O) groups is 2.